The number of carbonyl (C=O) groups excluding carboxylic acids is 2. The fourth-order valence-corrected chi connectivity index (χ4v) is 4.45. The molecule has 0 saturated carbocycles. The molecular weight excluding hydrogens is 360 g/mol. The molecule has 1 aromatic heterocycles. The van der Waals surface area contributed by atoms with E-state index >= 15 is 0 Å². The highest BCUT2D eigenvalue weighted by molar-refractivity contribution is 7.15. The predicted octanol–water partition coefficient (Wildman–Crippen LogP) is -0.513. The summed E-state index contributed by atoms with van der Waals surface area (Å²) in [6.45, 7) is 1.52. The fraction of sp³-hybridized carbons (Fsp3) is 0.750. The molecule has 0 aliphatic carbocycles. The molecule has 1 aromatic rings. The van der Waals surface area contributed by atoms with E-state index in [4.69, 9.17) is 4.74 Å². The summed E-state index contributed by atoms with van der Waals surface area (Å²) in [5.74, 6) is -0.735. The minimum atomic E-state index is -0.436. The molecule has 26 heavy (non-hydrogen) atoms. The number of rotatable bonds is 6. The molecule has 9 nitrogen and oxygen atoms in total. The topological polar surface area (TPSA) is 116 Å². The van der Waals surface area contributed by atoms with Crippen molar-refractivity contribution in [2.45, 2.75) is 19.4 Å². The third kappa shape index (κ3) is 4.03. The minimum Gasteiger partial charge on any atom is -0.396 e. The summed E-state index contributed by atoms with van der Waals surface area (Å²) >= 11 is 1.28. The van der Waals surface area contributed by atoms with Gasteiger partial charge in [-0.15, -0.1) is 10.2 Å². The van der Waals surface area contributed by atoms with Crippen LogP contribution in [0.5, 0.6) is 0 Å². The number of nitrogens with zero attached hydrogens (tertiary/aromatic N) is 4. The Kier molecular flexibility index (Phi) is 6.17. The molecule has 3 rings (SSSR count). The maximum atomic E-state index is 12.9. The van der Waals surface area contributed by atoms with Gasteiger partial charge in [0.25, 0.3) is 0 Å². The highest BCUT2D eigenvalue weighted by atomic mass is 32.1. The first kappa shape index (κ1) is 19.2. The van der Waals surface area contributed by atoms with Crippen molar-refractivity contribution in [3.63, 3.8) is 0 Å². The number of methoxy groups -OCH3 is 1. The van der Waals surface area contributed by atoms with Gasteiger partial charge in [0.15, 0.2) is 0 Å². The molecule has 0 radical (unpaired) electrons. The van der Waals surface area contributed by atoms with E-state index in [1.165, 1.54) is 16.2 Å². The lowest BCUT2D eigenvalue weighted by molar-refractivity contribution is -0.139. The summed E-state index contributed by atoms with van der Waals surface area (Å²) in [6.07, 6.45) is 0.849. The second-order valence-corrected chi connectivity index (χ2v) is 7.93. The Morgan fingerprint density at radius 1 is 1.23 bits per heavy atom. The zero-order valence-corrected chi connectivity index (χ0v) is 15.5. The maximum Gasteiger partial charge on any atom is 0.229 e. The van der Waals surface area contributed by atoms with E-state index < -0.39 is 5.92 Å². The average Bonchev–Trinajstić information content (AvgIpc) is 3.27. The molecule has 2 aliphatic rings. The van der Waals surface area contributed by atoms with Gasteiger partial charge < -0.3 is 19.8 Å². The Bertz CT molecular complexity index is 642. The average molecular weight is 384 g/mol. The molecule has 3 heterocycles. The van der Waals surface area contributed by atoms with Crippen LogP contribution in [-0.4, -0.2) is 77.1 Å². The quantitative estimate of drug-likeness (QED) is 0.678. The van der Waals surface area contributed by atoms with Crippen molar-refractivity contribution in [3.8, 4) is 0 Å². The second-order valence-electron chi connectivity index (χ2n) is 6.89. The summed E-state index contributed by atoms with van der Waals surface area (Å²) in [5, 5.41) is 28.1. The number of anilines is 1. The summed E-state index contributed by atoms with van der Waals surface area (Å²) in [6, 6.07) is 0. The highest BCUT2D eigenvalue weighted by Gasteiger charge is 2.40. The molecule has 2 aliphatic heterocycles. The molecular formula is C16H24N4O5S. The van der Waals surface area contributed by atoms with E-state index in [0.29, 0.717) is 36.3 Å². The van der Waals surface area contributed by atoms with Crippen molar-refractivity contribution < 1.29 is 24.5 Å². The summed E-state index contributed by atoms with van der Waals surface area (Å²) in [4.78, 5) is 28.4. The number of aliphatic hydroxyl groups is 2. The number of hydrogen-bond donors (Lipinski definition) is 2. The Labute approximate surface area is 155 Å². The lowest BCUT2D eigenvalue weighted by Crippen LogP contribution is -2.48. The van der Waals surface area contributed by atoms with E-state index in [1.807, 2.05) is 0 Å². The minimum absolute atomic E-state index is 0.0108. The van der Waals surface area contributed by atoms with Crippen LogP contribution in [0, 0.1) is 17.8 Å². The van der Waals surface area contributed by atoms with Crippen LogP contribution < -0.4 is 4.90 Å². The van der Waals surface area contributed by atoms with Crippen molar-refractivity contribution in [1.82, 2.24) is 15.1 Å². The molecule has 2 amide bonds. The van der Waals surface area contributed by atoms with Crippen LogP contribution in [0.1, 0.15) is 17.8 Å². The number of piperidine rings is 1. The largest absolute Gasteiger partial charge is 0.396 e. The number of hydrogen-bond acceptors (Lipinski definition) is 8. The summed E-state index contributed by atoms with van der Waals surface area (Å²) in [7, 11) is 1.56. The molecule has 3 atom stereocenters. The molecule has 0 aromatic carbocycles. The summed E-state index contributed by atoms with van der Waals surface area (Å²) < 4.78 is 5.01. The van der Waals surface area contributed by atoms with Crippen LogP contribution in [0.3, 0.4) is 0 Å². The SMILES string of the molecule is COCc1nnc(N2CC(C(=O)N3C[C@H](CO)C[C@H](CO)C3)CC2=O)s1. The normalized spacial score (nSPS) is 26.6. The van der Waals surface area contributed by atoms with Crippen LogP contribution in [0.4, 0.5) is 5.13 Å². The number of aromatic nitrogens is 2. The molecule has 144 valence electrons. The number of carbonyl (C=O) groups is 2. The Morgan fingerprint density at radius 2 is 1.92 bits per heavy atom. The summed E-state index contributed by atoms with van der Waals surface area (Å²) in [5.41, 5.74) is 0. The van der Waals surface area contributed by atoms with Gasteiger partial charge in [0.1, 0.15) is 11.6 Å². The van der Waals surface area contributed by atoms with Gasteiger partial charge in [-0.2, -0.15) is 0 Å². The first-order chi connectivity index (χ1) is 12.5. The van der Waals surface area contributed by atoms with Crippen molar-refractivity contribution in [1.29, 1.82) is 0 Å². The smallest absolute Gasteiger partial charge is 0.229 e. The number of ether oxygens (including phenoxy) is 1. The molecule has 1 unspecified atom stereocenters. The Balaban J connectivity index is 1.66. The lowest BCUT2D eigenvalue weighted by Gasteiger charge is -2.37. The first-order valence-electron chi connectivity index (χ1n) is 8.67. The van der Waals surface area contributed by atoms with Crippen LogP contribution in [0.15, 0.2) is 0 Å². The van der Waals surface area contributed by atoms with E-state index in [-0.39, 0.29) is 49.8 Å². The van der Waals surface area contributed by atoms with Gasteiger partial charge in [0, 0.05) is 58.2 Å². The van der Waals surface area contributed by atoms with Crippen LogP contribution >= 0.6 is 11.3 Å². The van der Waals surface area contributed by atoms with Gasteiger partial charge in [-0.05, 0) is 6.42 Å². The third-order valence-electron chi connectivity index (χ3n) is 4.88. The molecule has 2 saturated heterocycles. The molecule has 10 heteroatoms. The maximum absolute atomic E-state index is 12.9. The molecule has 0 spiro atoms. The number of likely N-dealkylation sites (tertiary alicyclic amines) is 1. The van der Waals surface area contributed by atoms with E-state index in [9.17, 15) is 19.8 Å². The van der Waals surface area contributed by atoms with Gasteiger partial charge in [-0.3, -0.25) is 14.5 Å². The van der Waals surface area contributed by atoms with E-state index in [1.54, 1.807) is 12.0 Å². The van der Waals surface area contributed by atoms with Gasteiger partial charge in [-0.1, -0.05) is 11.3 Å². The number of amides is 2. The Hall–Kier alpha value is -1.62. The first-order valence-corrected chi connectivity index (χ1v) is 9.49. The zero-order valence-electron chi connectivity index (χ0n) is 14.7. The third-order valence-corrected chi connectivity index (χ3v) is 5.80. The predicted molar refractivity (Wildman–Crippen MR) is 93.4 cm³/mol. The van der Waals surface area contributed by atoms with Crippen LogP contribution in [-0.2, 0) is 20.9 Å². The van der Waals surface area contributed by atoms with Crippen molar-refractivity contribution >= 4 is 28.3 Å². The monoisotopic (exact) mass is 384 g/mol. The standard InChI is InChI=1S/C16H24N4O5S/c1-25-9-13-17-18-16(26-13)20-6-12(3-14(20)23)15(24)19-4-10(7-21)2-11(5-19)8-22/h10-12,21-22H,2-9H2,1H3/t10-,11+,12?. The van der Waals surface area contributed by atoms with Crippen LogP contribution in [0.2, 0.25) is 0 Å². The van der Waals surface area contributed by atoms with Crippen LogP contribution in [0.25, 0.3) is 0 Å². The van der Waals surface area contributed by atoms with E-state index in [0.717, 1.165) is 0 Å². The second kappa shape index (κ2) is 8.38. The molecule has 2 fully saturated rings. The fourth-order valence-electron chi connectivity index (χ4n) is 3.61. The Morgan fingerprint density at radius 3 is 2.54 bits per heavy atom. The van der Waals surface area contributed by atoms with Gasteiger partial charge >= 0.3 is 0 Å². The van der Waals surface area contributed by atoms with Gasteiger partial charge in [0.05, 0.1) is 5.92 Å². The van der Waals surface area contributed by atoms with Gasteiger partial charge in [0.2, 0.25) is 16.9 Å². The van der Waals surface area contributed by atoms with Gasteiger partial charge in [-0.25, -0.2) is 0 Å². The highest BCUT2D eigenvalue weighted by Crippen LogP contribution is 2.30. The van der Waals surface area contributed by atoms with Crippen molar-refractivity contribution in [2.24, 2.45) is 17.8 Å². The van der Waals surface area contributed by atoms with E-state index in [2.05, 4.69) is 10.2 Å². The van der Waals surface area contributed by atoms with Crippen molar-refractivity contribution in [2.75, 3.05) is 44.9 Å². The zero-order chi connectivity index (χ0) is 18.7. The lowest BCUT2D eigenvalue weighted by atomic mass is 9.89. The molecule has 0 bridgehead atoms. The molecule has 2 N–H and O–H groups in total. The van der Waals surface area contributed by atoms with Crippen molar-refractivity contribution in [3.05, 3.63) is 5.01 Å². The number of aliphatic hydroxyl groups excluding tert-OH is 2.